The first-order valence-electron chi connectivity index (χ1n) is 5.98. The van der Waals surface area contributed by atoms with Crippen molar-refractivity contribution in [2.45, 2.75) is 52.5 Å². The van der Waals surface area contributed by atoms with Gasteiger partial charge in [0.2, 0.25) is 0 Å². The average molecular weight is 213 g/mol. The van der Waals surface area contributed by atoms with Crippen LogP contribution in [0, 0.1) is 11.3 Å². The van der Waals surface area contributed by atoms with Crippen molar-refractivity contribution in [3.05, 3.63) is 0 Å². The quantitative estimate of drug-likeness (QED) is 0.682. The van der Waals surface area contributed by atoms with Crippen LogP contribution >= 0.6 is 0 Å². The molecule has 1 aliphatic rings. The molecule has 3 heteroatoms. The van der Waals surface area contributed by atoms with Gasteiger partial charge in [-0.2, -0.15) is 0 Å². The molecule has 1 aliphatic carbocycles. The maximum atomic E-state index is 10.9. The predicted molar refractivity (Wildman–Crippen MR) is 60.8 cm³/mol. The van der Waals surface area contributed by atoms with Crippen molar-refractivity contribution in [1.29, 1.82) is 0 Å². The molecule has 0 aromatic rings. The fourth-order valence-electron chi connectivity index (χ4n) is 2.05. The topological polar surface area (TPSA) is 49.3 Å². The van der Waals surface area contributed by atoms with E-state index < -0.39 is 5.97 Å². The van der Waals surface area contributed by atoms with Gasteiger partial charge in [0.1, 0.15) is 6.04 Å². The Morgan fingerprint density at radius 3 is 2.40 bits per heavy atom. The van der Waals surface area contributed by atoms with Crippen molar-refractivity contribution in [1.82, 2.24) is 5.32 Å². The molecule has 1 fully saturated rings. The van der Waals surface area contributed by atoms with E-state index in [1.165, 1.54) is 12.8 Å². The van der Waals surface area contributed by atoms with Crippen molar-refractivity contribution in [3.8, 4) is 0 Å². The van der Waals surface area contributed by atoms with Crippen LogP contribution in [0.1, 0.15) is 46.5 Å². The molecule has 1 unspecified atom stereocenters. The summed E-state index contributed by atoms with van der Waals surface area (Å²) in [7, 11) is 0. The second kappa shape index (κ2) is 4.97. The Bertz CT molecular complexity index is 222. The molecule has 15 heavy (non-hydrogen) atoms. The zero-order chi connectivity index (χ0) is 11.5. The summed E-state index contributed by atoms with van der Waals surface area (Å²) in [6, 6.07) is -0.355. The van der Waals surface area contributed by atoms with Gasteiger partial charge in [-0.25, -0.2) is 0 Å². The smallest absolute Gasteiger partial charge is 0.320 e. The zero-order valence-corrected chi connectivity index (χ0v) is 10.0. The lowest BCUT2D eigenvalue weighted by Crippen LogP contribution is -2.41. The molecular weight excluding hydrogens is 190 g/mol. The van der Waals surface area contributed by atoms with E-state index in [9.17, 15) is 4.79 Å². The van der Waals surface area contributed by atoms with Crippen LogP contribution in [0.25, 0.3) is 0 Å². The first kappa shape index (κ1) is 12.5. The maximum absolute atomic E-state index is 10.9. The summed E-state index contributed by atoms with van der Waals surface area (Å²) in [5, 5.41) is 12.2. The lowest BCUT2D eigenvalue weighted by molar-refractivity contribution is -0.139. The van der Waals surface area contributed by atoms with E-state index in [1.807, 2.05) is 6.92 Å². The van der Waals surface area contributed by atoms with Gasteiger partial charge >= 0.3 is 5.97 Å². The van der Waals surface area contributed by atoms with E-state index in [1.54, 1.807) is 0 Å². The summed E-state index contributed by atoms with van der Waals surface area (Å²) >= 11 is 0. The van der Waals surface area contributed by atoms with Crippen molar-refractivity contribution < 1.29 is 9.90 Å². The highest BCUT2D eigenvalue weighted by Crippen LogP contribution is 2.51. The fourth-order valence-corrected chi connectivity index (χ4v) is 2.05. The third kappa shape index (κ3) is 3.20. The lowest BCUT2D eigenvalue weighted by Gasteiger charge is -2.23. The number of nitrogens with one attached hydrogen (secondary N) is 1. The Morgan fingerprint density at radius 2 is 2.07 bits per heavy atom. The first-order chi connectivity index (χ1) is 7.02. The summed E-state index contributed by atoms with van der Waals surface area (Å²) in [5.41, 5.74) is 0.390. The Labute approximate surface area is 92.3 Å². The zero-order valence-electron chi connectivity index (χ0n) is 10.0. The van der Waals surface area contributed by atoms with Gasteiger partial charge in [-0.3, -0.25) is 4.79 Å². The largest absolute Gasteiger partial charge is 0.480 e. The van der Waals surface area contributed by atoms with Crippen LogP contribution in [0.3, 0.4) is 0 Å². The number of hydrogen-bond donors (Lipinski definition) is 2. The van der Waals surface area contributed by atoms with Gasteiger partial charge in [0.25, 0.3) is 0 Å². The van der Waals surface area contributed by atoms with Gasteiger partial charge in [-0.05, 0) is 30.6 Å². The van der Waals surface area contributed by atoms with Crippen molar-refractivity contribution >= 4 is 5.97 Å². The SMILES string of the molecule is CCCC(NCC1(C(C)C)CC1)C(=O)O. The molecule has 0 bridgehead atoms. The Balaban J connectivity index is 2.37. The molecule has 1 saturated carbocycles. The molecular formula is C12H23NO2. The minimum absolute atomic E-state index is 0.355. The molecule has 0 spiro atoms. The number of carboxylic acid groups (broad SMARTS) is 1. The van der Waals surface area contributed by atoms with Crippen LogP contribution in [-0.2, 0) is 4.79 Å². The molecule has 0 aromatic heterocycles. The van der Waals surface area contributed by atoms with Crippen LogP contribution in [-0.4, -0.2) is 23.7 Å². The maximum Gasteiger partial charge on any atom is 0.320 e. The highest BCUT2D eigenvalue weighted by molar-refractivity contribution is 5.73. The lowest BCUT2D eigenvalue weighted by atomic mass is 9.92. The van der Waals surface area contributed by atoms with Crippen LogP contribution in [0.2, 0.25) is 0 Å². The van der Waals surface area contributed by atoms with Crippen molar-refractivity contribution in [3.63, 3.8) is 0 Å². The van der Waals surface area contributed by atoms with Gasteiger partial charge < -0.3 is 10.4 Å². The standard InChI is InChI=1S/C12H23NO2/c1-4-5-10(11(14)15)13-8-12(6-7-12)9(2)3/h9-10,13H,4-8H2,1-3H3,(H,14,15). The van der Waals surface area contributed by atoms with Crippen LogP contribution in [0.4, 0.5) is 0 Å². The van der Waals surface area contributed by atoms with Crippen molar-refractivity contribution in [2.75, 3.05) is 6.54 Å². The monoisotopic (exact) mass is 213 g/mol. The number of carbonyl (C=O) groups is 1. The molecule has 3 nitrogen and oxygen atoms in total. The van der Waals surface area contributed by atoms with E-state index in [0.717, 1.165) is 19.4 Å². The number of aliphatic carboxylic acids is 1. The van der Waals surface area contributed by atoms with Gasteiger partial charge in [0, 0.05) is 6.54 Å². The highest BCUT2D eigenvalue weighted by atomic mass is 16.4. The number of hydrogen-bond acceptors (Lipinski definition) is 2. The number of carboxylic acids is 1. The summed E-state index contributed by atoms with van der Waals surface area (Å²) in [6.07, 6.45) is 4.13. The minimum atomic E-state index is -0.712. The molecule has 88 valence electrons. The van der Waals surface area contributed by atoms with E-state index in [0.29, 0.717) is 11.3 Å². The molecule has 1 rings (SSSR count). The molecule has 0 aliphatic heterocycles. The van der Waals surface area contributed by atoms with Crippen molar-refractivity contribution in [2.24, 2.45) is 11.3 Å². The van der Waals surface area contributed by atoms with Crippen LogP contribution in [0.15, 0.2) is 0 Å². The van der Waals surface area contributed by atoms with E-state index in [2.05, 4.69) is 19.2 Å². The second-order valence-corrected chi connectivity index (χ2v) is 5.08. The average Bonchev–Trinajstić information content (AvgIpc) is 2.92. The van der Waals surface area contributed by atoms with Gasteiger partial charge in [0.05, 0.1) is 0 Å². The third-order valence-electron chi connectivity index (χ3n) is 3.69. The second-order valence-electron chi connectivity index (χ2n) is 5.08. The van der Waals surface area contributed by atoms with Crippen LogP contribution in [0.5, 0.6) is 0 Å². The summed E-state index contributed by atoms with van der Waals surface area (Å²) in [5.74, 6) is -0.0579. The van der Waals surface area contributed by atoms with Crippen LogP contribution < -0.4 is 5.32 Å². The Kier molecular flexibility index (Phi) is 4.14. The first-order valence-corrected chi connectivity index (χ1v) is 5.98. The Hall–Kier alpha value is -0.570. The molecule has 0 radical (unpaired) electrons. The predicted octanol–water partition coefficient (Wildman–Crippen LogP) is 2.27. The van der Waals surface area contributed by atoms with Gasteiger partial charge in [0.15, 0.2) is 0 Å². The van der Waals surface area contributed by atoms with E-state index in [4.69, 9.17) is 5.11 Å². The van der Waals surface area contributed by atoms with E-state index in [-0.39, 0.29) is 6.04 Å². The molecule has 0 heterocycles. The highest BCUT2D eigenvalue weighted by Gasteiger charge is 2.45. The van der Waals surface area contributed by atoms with Gasteiger partial charge in [-0.1, -0.05) is 27.2 Å². The molecule has 0 amide bonds. The summed E-state index contributed by atoms with van der Waals surface area (Å²) < 4.78 is 0. The van der Waals surface area contributed by atoms with E-state index >= 15 is 0 Å². The summed E-state index contributed by atoms with van der Waals surface area (Å²) in [4.78, 5) is 10.9. The third-order valence-corrected chi connectivity index (χ3v) is 3.69. The molecule has 2 N–H and O–H groups in total. The summed E-state index contributed by atoms with van der Waals surface area (Å²) in [6.45, 7) is 7.34. The Morgan fingerprint density at radius 1 is 1.47 bits per heavy atom. The van der Waals surface area contributed by atoms with Gasteiger partial charge in [-0.15, -0.1) is 0 Å². The molecule has 0 saturated heterocycles. The molecule has 0 aromatic carbocycles. The fraction of sp³-hybridized carbons (Fsp3) is 0.917. The normalized spacial score (nSPS) is 20.3. The molecule has 1 atom stereocenters. The minimum Gasteiger partial charge on any atom is -0.480 e. The number of rotatable bonds is 7.